The van der Waals surface area contributed by atoms with Gasteiger partial charge in [0.2, 0.25) is 5.91 Å². The fraction of sp³-hybridized carbons (Fsp3) is 0.381. The lowest BCUT2D eigenvalue weighted by atomic mass is 10.1. The van der Waals surface area contributed by atoms with Crippen molar-refractivity contribution in [2.75, 3.05) is 19.6 Å². The monoisotopic (exact) mass is 410 g/mol. The van der Waals surface area contributed by atoms with Gasteiger partial charge in [0.05, 0.1) is 12.0 Å². The Kier molecular flexibility index (Phi) is 6.30. The first-order chi connectivity index (χ1) is 13.2. The van der Waals surface area contributed by atoms with Crippen LogP contribution in [-0.2, 0) is 23.9 Å². The summed E-state index contributed by atoms with van der Waals surface area (Å²) in [4.78, 5) is 16.7. The molecule has 3 rings (SSSR count). The van der Waals surface area contributed by atoms with E-state index in [4.69, 9.17) is 11.6 Å². The van der Waals surface area contributed by atoms with E-state index in [2.05, 4.69) is 4.90 Å². The molecule has 7 heteroatoms. The van der Waals surface area contributed by atoms with Crippen molar-refractivity contribution in [3.05, 3.63) is 70.2 Å². The molecule has 0 aromatic heterocycles. The van der Waals surface area contributed by atoms with Crippen LogP contribution in [0.15, 0.2) is 48.5 Å². The van der Waals surface area contributed by atoms with Crippen LogP contribution in [0.3, 0.4) is 0 Å². The quantitative estimate of drug-likeness (QED) is 0.733. The number of carbonyl (C=O) groups is 1. The third-order valence-electron chi connectivity index (χ3n) is 4.96. The SMILES string of the molecule is C[C@H]1CN(Cc2cccc(Cl)c2)CCN1C(=O)Cc1ccc(C(F)(F)F)cc1. The molecule has 1 fully saturated rings. The van der Waals surface area contributed by atoms with E-state index in [0.717, 1.165) is 37.3 Å². The van der Waals surface area contributed by atoms with Crippen LogP contribution in [0, 0.1) is 0 Å². The minimum Gasteiger partial charge on any atom is -0.337 e. The van der Waals surface area contributed by atoms with Crippen molar-refractivity contribution in [2.45, 2.75) is 32.1 Å². The Labute approximate surface area is 167 Å². The van der Waals surface area contributed by atoms with Crippen LogP contribution in [-0.4, -0.2) is 41.4 Å². The number of alkyl halides is 3. The molecule has 1 aliphatic heterocycles. The number of benzene rings is 2. The van der Waals surface area contributed by atoms with Crippen LogP contribution in [0.2, 0.25) is 5.02 Å². The summed E-state index contributed by atoms with van der Waals surface area (Å²) in [5, 5.41) is 0.705. The van der Waals surface area contributed by atoms with Gasteiger partial charge in [-0.25, -0.2) is 0 Å². The van der Waals surface area contributed by atoms with Crippen LogP contribution in [0.25, 0.3) is 0 Å². The summed E-state index contributed by atoms with van der Waals surface area (Å²) in [6.45, 7) is 4.85. The van der Waals surface area contributed by atoms with E-state index in [1.165, 1.54) is 12.1 Å². The lowest BCUT2D eigenvalue weighted by molar-refractivity contribution is -0.137. The number of nitrogens with zero attached hydrogens (tertiary/aromatic N) is 2. The van der Waals surface area contributed by atoms with Crippen molar-refractivity contribution in [1.29, 1.82) is 0 Å². The average Bonchev–Trinajstić information content (AvgIpc) is 2.61. The van der Waals surface area contributed by atoms with E-state index < -0.39 is 11.7 Å². The summed E-state index contributed by atoms with van der Waals surface area (Å²) in [5.74, 6) is -0.0605. The van der Waals surface area contributed by atoms with Gasteiger partial charge in [-0.3, -0.25) is 9.69 Å². The second-order valence-corrected chi connectivity index (χ2v) is 7.61. The third-order valence-corrected chi connectivity index (χ3v) is 5.20. The van der Waals surface area contributed by atoms with Gasteiger partial charge in [0.25, 0.3) is 0 Å². The number of piperazine rings is 1. The maximum Gasteiger partial charge on any atom is 0.416 e. The molecule has 1 heterocycles. The lowest BCUT2D eigenvalue weighted by Crippen LogP contribution is -2.54. The molecule has 28 heavy (non-hydrogen) atoms. The summed E-state index contributed by atoms with van der Waals surface area (Å²) < 4.78 is 38.0. The number of hydrogen-bond donors (Lipinski definition) is 0. The Bertz CT molecular complexity index is 823. The van der Waals surface area contributed by atoms with Gasteiger partial charge >= 0.3 is 6.18 Å². The molecule has 3 nitrogen and oxygen atoms in total. The van der Waals surface area contributed by atoms with Gasteiger partial charge in [-0.15, -0.1) is 0 Å². The van der Waals surface area contributed by atoms with Crippen LogP contribution in [0.5, 0.6) is 0 Å². The van der Waals surface area contributed by atoms with Crippen molar-refractivity contribution in [2.24, 2.45) is 0 Å². The van der Waals surface area contributed by atoms with Crippen LogP contribution < -0.4 is 0 Å². The number of rotatable bonds is 4. The molecule has 0 aliphatic carbocycles. The van der Waals surface area contributed by atoms with Gasteiger partial charge in [0.1, 0.15) is 0 Å². The molecule has 0 saturated carbocycles. The molecular weight excluding hydrogens is 389 g/mol. The van der Waals surface area contributed by atoms with Gasteiger partial charge in [-0.05, 0) is 42.3 Å². The van der Waals surface area contributed by atoms with Gasteiger partial charge < -0.3 is 4.90 Å². The van der Waals surface area contributed by atoms with Crippen molar-refractivity contribution >= 4 is 17.5 Å². The predicted molar refractivity (Wildman–Crippen MR) is 103 cm³/mol. The lowest BCUT2D eigenvalue weighted by Gasteiger charge is -2.40. The number of amides is 1. The van der Waals surface area contributed by atoms with E-state index in [1.54, 1.807) is 0 Å². The van der Waals surface area contributed by atoms with E-state index >= 15 is 0 Å². The fourth-order valence-corrected chi connectivity index (χ4v) is 3.74. The largest absolute Gasteiger partial charge is 0.416 e. The Balaban J connectivity index is 1.55. The van der Waals surface area contributed by atoms with Crippen molar-refractivity contribution in [3.63, 3.8) is 0 Å². The standard InChI is InChI=1S/C21H22ClF3N2O/c1-15-13-26(14-17-3-2-4-19(22)11-17)9-10-27(15)20(28)12-16-5-7-18(8-6-16)21(23,24)25/h2-8,11,15H,9-10,12-14H2,1H3/t15-/m0/s1. The Morgan fingerprint density at radius 1 is 1.11 bits per heavy atom. The second kappa shape index (κ2) is 8.53. The van der Waals surface area contributed by atoms with Crippen molar-refractivity contribution in [1.82, 2.24) is 9.80 Å². The molecule has 0 bridgehead atoms. The number of halogens is 4. The predicted octanol–water partition coefficient (Wildman–Crippen LogP) is 4.63. The first kappa shape index (κ1) is 20.7. The van der Waals surface area contributed by atoms with Gasteiger partial charge in [0, 0.05) is 37.2 Å². The van der Waals surface area contributed by atoms with Crippen LogP contribution >= 0.6 is 11.6 Å². The smallest absolute Gasteiger partial charge is 0.337 e. The molecule has 0 N–H and O–H groups in total. The second-order valence-electron chi connectivity index (χ2n) is 7.17. The topological polar surface area (TPSA) is 23.6 Å². The average molecular weight is 411 g/mol. The van der Waals surface area contributed by atoms with E-state index in [0.29, 0.717) is 17.1 Å². The first-order valence-corrected chi connectivity index (χ1v) is 9.52. The van der Waals surface area contributed by atoms with E-state index in [1.807, 2.05) is 36.1 Å². The highest BCUT2D eigenvalue weighted by atomic mass is 35.5. The summed E-state index contributed by atoms with van der Waals surface area (Å²) in [7, 11) is 0. The van der Waals surface area contributed by atoms with Gasteiger partial charge in [-0.2, -0.15) is 13.2 Å². The summed E-state index contributed by atoms with van der Waals surface area (Å²) in [6, 6.07) is 12.6. The molecule has 1 aliphatic rings. The maximum absolute atomic E-state index is 12.7. The molecule has 2 aromatic rings. The molecule has 2 aromatic carbocycles. The summed E-state index contributed by atoms with van der Waals surface area (Å²) in [6.07, 6.45) is -4.26. The molecule has 1 saturated heterocycles. The zero-order valence-electron chi connectivity index (χ0n) is 15.5. The van der Waals surface area contributed by atoms with Crippen LogP contribution in [0.4, 0.5) is 13.2 Å². The highest BCUT2D eigenvalue weighted by Gasteiger charge is 2.30. The minimum absolute atomic E-state index is 0.0369. The van der Waals surface area contributed by atoms with Gasteiger partial charge in [0.15, 0.2) is 0 Å². The highest BCUT2D eigenvalue weighted by molar-refractivity contribution is 6.30. The van der Waals surface area contributed by atoms with E-state index in [-0.39, 0.29) is 18.4 Å². The number of carbonyl (C=O) groups excluding carboxylic acids is 1. The molecular formula is C21H22ClF3N2O. The summed E-state index contributed by atoms with van der Waals surface area (Å²) >= 11 is 6.03. The molecule has 0 unspecified atom stereocenters. The Morgan fingerprint density at radius 3 is 2.43 bits per heavy atom. The fourth-order valence-electron chi connectivity index (χ4n) is 3.53. The molecule has 0 radical (unpaired) electrons. The normalized spacial score (nSPS) is 18.3. The van der Waals surface area contributed by atoms with Gasteiger partial charge in [-0.1, -0.05) is 35.9 Å². The van der Waals surface area contributed by atoms with E-state index in [9.17, 15) is 18.0 Å². The third kappa shape index (κ3) is 5.26. The summed E-state index contributed by atoms with van der Waals surface area (Å²) in [5.41, 5.74) is 1.02. The zero-order chi connectivity index (χ0) is 20.3. The zero-order valence-corrected chi connectivity index (χ0v) is 16.3. The maximum atomic E-state index is 12.7. The Morgan fingerprint density at radius 2 is 1.82 bits per heavy atom. The first-order valence-electron chi connectivity index (χ1n) is 9.15. The minimum atomic E-state index is -4.36. The Hall–Kier alpha value is -2.05. The van der Waals surface area contributed by atoms with Crippen molar-refractivity contribution < 1.29 is 18.0 Å². The number of hydrogen-bond acceptors (Lipinski definition) is 2. The molecule has 150 valence electrons. The van der Waals surface area contributed by atoms with Crippen molar-refractivity contribution in [3.8, 4) is 0 Å². The molecule has 0 spiro atoms. The highest BCUT2D eigenvalue weighted by Crippen LogP contribution is 2.29. The molecule has 1 atom stereocenters. The molecule has 1 amide bonds. The van der Waals surface area contributed by atoms with Crippen LogP contribution in [0.1, 0.15) is 23.6 Å².